The predicted molar refractivity (Wildman–Crippen MR) is 209 cm³/mol. The molecule has 2 amide bonds. The normalized spacial score (nSPS) is 22.9. The van der Waals surface area contributed by atoms with E-state index in [0.717, 1.165) is 34.5 Å². The molecule has 0 radical (unpaired) electrons. The number of fused-ring (bicyclic) bond motifs is 3. The van der Waals surface area contributed by atoms with Crippen molar-refractivity contribution in [2.75, 3.05) is 16.4 Å². The zero-order chi connectivity index (χ0) is 37.8. The van der Waals surface area contributed by atoms with E-state index in [1.165, 1.54) is 0 Å². The molecule has 4 heterocycles. The third kappa shape index (κ3) is 6.26. The summed E-state index contributed by atoms with van der Waals surface area (Å²) in [7, 11) is -3.40. The quantitative estimate of drug-likeness (QED) is 0.114. The average molecular weight is 764 g/mol. The number of carbonyl (C=O) groups is 2. The Labute approximate surface area is 320 Å². The Bertz CT molecular complexity index is 2190. The third-order valence-corrected chi connectivity index (χ3v) is 14.2. The molecule has 5 atom stereocenters. The topological polar surface area (TPSA) is 101 Å². The smallest absolute Gasteiger partial charge is 0.264 e. The summed E-state index contributed by atoms with van der Waals surface area (Å²) in [4.78, 5) is 31.4. The molecule has 4 aromatic carbocycles. The van der Waals surface area contributed by atoms with Crippen molar-refractivity contribution in [3.63, 3.8) is 0 Å². The number of aryl methyl sites for hydroxylation is 2. The van der Waals surface area contributed by atoms with Gasteiger partial charge in [-0.15, -0.1) is 5.10 Å². The maximum Gasteiger partial charge on any atom is 0.264 e. The van der Waals surface area contributed by atoms with Crippen LogP contribution in [0, 0.1) is 5.92 Å². The maximum absolute atomic E-state index is 16.5. The predicted octanol–water partition coefficient (Wildman–Crippen LogP) is 8.08. The van der Waals surface area contributed by atoms with Crippen molar-refractivity contribution < 1.29 is 23.5 Å². The second kappa shape index (κ2) is 14.2. The van der Waals surface area contributed by atoms with Crippen molar-refractivity contribution in [2.24, 2.45) is 5.92 Å². The summed E-state index contributed by atoms with van der Waals surface area (Å²) >= 11 is 6.60. The Morgan fingerprint density at radius 1 is 0.981 bits per heavy atom. The summed E-state index contributed by atoms with van der Waals surface area (Å²) < 4.78 is 25.1. The number of aromatic nitrogens is 3. The fraction of sp³-hybridized carbons (Fsp3) is 0.333. The average Bonchev–Trinajstić information content (AvgIpc) is 3.82. The molecule has 5 aromatic rings. The minimum atomic E-state index is -3.40. The number of ether oxygens (including phenoxy) is 1. The Hall–Kier alpha value is -4.68. The largest absolute Gasteiger partial charge is 0.395 e. The van der Waals surface area contributed by atoms with Gasteiger partial charge >= 0.3 is 0 Å². The van der Waals surface area contributed by atoms with Crippen molar-refractivity contribution in [1.82, 2.24) is 15.0 Å². The van der Waals surface area contributed by atoms with Gasteiger partial charge in [-0.2, -0.15) is 0 Å². The number of rotatable bonds is 10. The Morgan fingerprint density at radius 3 is 2.46 bits per heavy atom. The van der Waals surface area contributed by atoms with Crippen LogP contribution < -0.4 is 9.80 Å². The number of aliphatic hydroxyl groups excluding tert-OH is 1. The fourth-order valence-corrected chi connectivity index (χ4v) is 11.7. The lowest BCUT2D eigenvalue weighted by Crippen LogP contribution is -2.45. The first-order valence-corrected chi connectivity index (χ1v) is 21.9. The monoisotopic (exact) mass is 763 g/mol. The van der Waals surface area contributed by atoms with Gasteiger partial charge in [-0.25, -0.2) is 0 Å². The van der Waals surface area contributed by atoms with Crippen LogP contribution in [0.2, 0.25) is 23.7 Å². The van der Waals surface area contributed by atoms with Crippen LogP contribution >= 0.6 is 11.6 Å². The van der Waals surface area contributed by atoms with Gasteiger partial charge in [0.25, 0.3) is 5.91 Å². The van der Waals surface area contributed by atoms with Crippen LogP contribution in [0.25, 0.3) is 0 Å². The molecule has 8 rings (SSSR count). The van der Waals surface area contributed by atoms with E-state index in [2.05, 4.69) is 16.4 Å². The number of amides is 2. The molecular weight excluding hydrogens is 721 g/mol. The number of para-hydroxylation sites is 1. The molecule has 9 nitrogen and oxygen atoms in total. The highest BCUT2D eigenvalue weighted by Gasteiger charge is 2.66. The molecule has 0 aliphatic carbocycles. The Morgan fingerprint density at radius 2 is 1.72 bits per heavy atom. The van der Waals surface area contributed by atoms with Gasteiger partial charge in [0.1, 0.15) is 0 Å². The number of halogens is 2. The number of aliphatic hydroxyl groups is 1. The SMILES string of the molecule is C[C@@H]1[C@@H]([Si](C)(C)F)[C@H](CCn2cc(C(CO)c3ccccc3)nn2)O[C@@]12C(=O)N(Cc1ccc(N3C(=O)CCc4ccccc43)cc1)c1ccc(Cl)cc12. The van der Waals surface area contributed by atoms with Crippen LogP contribution in [-0.4, -0.2) is 53.0 Å². The van der Waals surface area contributed by atoms with Crippen molar-refractivity contribution >= 4 is 48.9 Å². The lowest BCUT2D eigenvalue weighted by molar-refractivity contribution is -0.146. The van der Waals surface area contributed by atoms with E-state index < -0.39 is 31.6 Å². The van der Waals surface area contributed by atoms with Crippen LogP contribution in [0.15, 0.2) is 103 Å². The van der Waals surface area contributed by atoms with Gasteiger partial charge in [0.05, 0.1) is 42.2 Å². The van der Waals surface area contributed by atoms with E-state index in [9.17, 15) is 14.7 Å². The van der Waals surface area contributed by atoms with Gasteiger partial charge in [0.15, 0.2) is 5.60 Å². The summed E-state index contributed by atoms with van der Waals surface area (Å²) in [6.45, 7) is 5.85. The maximum atomic E-state index is 16.5. The zero-order valence-corrected chi connectivity index (χ0v) is 32.3. The van der Waals surface area contributed by atoms with Crippen LogP contribution in [0.4, 0.5) is 21.2 Å². The van der Waals surface area contributed by atoms with E-state index in [4.69, 9.17) is 16.3 Å². The highest BCUT2D eigenvalue weighted by Crippen LogP contribution is 2.60. The molecule has 1 unspecified atom stereocenters. The first-order chi connectivity index (χ1) is 26.0. The van der Waals surface area contributed by atoms with Gasteiger partial charge in [-0.1, -0.05) is 84.4 Å². The lowest BCUT2D eigenvalue weighted by atomic mass is 9.82. The summed E-state index contributed by atoms with van der Waals surface area (Å²) in [5.74, 6) is -0.983. The van der Waals surface area contributed by atoms with Crippen molar-refractivity contribution in [3.8, 4) is 0 Å². The molecule has 3 aliphatic rings. The molecule has 1 saturated heterocycles. The van der Waals surface area contributed by atoms with Gasteiger partial charge in [0, 0.05) is 46.9 Å². The highest BCUT2D eigenvalue weighted by atomic mass is 35.5. The van der Waals surface area contributed by atoms with Gasteiger partial charge in [-0.05, 0) is 79.0 Å². The lowest BCUT2D eigenvalue weighted by Gasteiger charge is -2.31. The van der Waals surface area contributed by atoms with Crippen LogP contribution in [-0.2, 0) is 39.4 Å². The van der Waals surface area contributed by atoms with Crippen molar-refractivity contribution in [3.05, 3.63) is 136 Å². The van der Waals surface area contributed by atoms with Gasteiger partial charge in [0.2, 0.25) is 14.3 Å². The number of carbonyl (C=O) groups excluding carboxylic acids is 2. The van der Waals surface area contributed by atoms with Crippen LogP contribution in [0.5, 0.6) is 0 Å². The molecule has 54 heavy (non-hydrogen) atoms. The summed E-state index contributed by atoms with van der Waals surface area (Å²) in [5.41, 5.74) is 4.69. The first-order valence-electron chi connectivity index (χ1n) is 18.5. The summed E-state index contributed by atoms with van der Waals surface area (Å²) in [6.07, 6.45) is 2.83. The standard InChI is InChI=1S/C42H43ClFN5O4Si/c1-27-40(54(2,3)44)38(21-22-47-25-35(45-46-47)33(26-50)29-9-5-4-6-10-29)53-42(27)34-23-31(43)16-19-37(34)48(41(42)52)24-28-13-17-32(18-14-28)49-36-12-8-7-11-30(36)15-20-39(49)51/h4-14,16-19,23,25,27,33,38,40,50H,15,20-22,24,26H2,1-3H3/t27-,33?,38+,40-,42+/m1/s1. The number of benzene rings is 4. The third-order valence-electron chi connectivity index (χ3n) is 11.5. The second-order valence-electron chi connectivity index (χ2n) is 15.2. The molecule has 0 saturated carbocycles. The molecule has 1 fully saturated rings. The first kappa shape index (κ1) is 36.3. The van der Waals surface area contributed by atoms with Crippen molar-refractivity contribution in [1.29, 1.82) is 0 Å². The minimum Gasteiger partial charge on any atom is -0.395 e. The fourth-order valence-electron chi connectivity index (χ4n) is 8.99. The molecular formula is C42H43ClFN5O4Si. The zero-order valence-electron chi connectivity index (χ0n) is 30.5. The van der Waals surface area contributed by atoms with E-state index >= 15 is 4.11 Å². The summed E-state index contributed by atoms with van der Waals surface area (Å²) in [6, 6.07) is 30.8. The molecule has 12 heteroatoms. The van der Waals surface area contributed by atoms with Gasteiger partial charge < -0.3 is 18.9 Å². The summed E-state index contributed by atoms with van der Waals surface area (Å²) in [5, 5.41) is 19.3. The number of anilines is 3. The van der Waals surface area contributed by atoms with E-state index in [-0.39, 0.29) is 30.9 Å². The molecule has 278 valence electrons. The molecule has 1 N–H and O–H groups in total. The van der Waals surface area contributed by atoms with E-state index in [1.54, 1.807) is 39.7 Å². The molecule has 1 aromatic heterocycles. The van der Waals surface area contributed by atoms with E-state index in [1.807, 2.05) is 92.0 Å². The minimum absolute atomic E-state index is 0.0468. The number of nitrogens with zero attached hydrogens (tertiary/aromatic N) is 5. The van der Waals surface area contributed by atoms with Crippen molar-refractivity contribution in [2.45, 2.75) is 75.5 Å². The van der Waals surface area contributed by atoms with E-state index in [0.29, 0.717) is 41.4 Å². The molecule has 1 spiro atoms. The molecule has 0 bridgehead atoms. The Balaban J connectivity index is 1.06. The van der Waals surface area contributed by atoms with Crippen LogP contribution in [0.1, 0.15) is 53.6 Å². The Kier molecular flexibility index (Phi) is 9.54. The highest BCUT2D eigenvalue weighted by molar-refractivity contribution is 6.72. The number of hydrogen-bond donors (Lipinski definition) is 1. The second-order valence-corrected chi connectivity index (χ2v) is 19.4. The van der Waals surface area contributed by atoms with Crippen LogP contribution in [0.3, 0.4) is 0 Å². The molecule has 3 aliphatic heterocycles. The number of hydrogen-bond acceptors (Lipinski definition) is 6. The van der Waals surface area contributed by atoms with Gasteiger partial charge in [-0.3, -0.25) is 19.2 Å².